The van der Waals surface area contributed by atoms with Gasteiger partial charge in [-0.05, 0) is 50.8 Å². The predicted molar refractivity (Wildman–Crippen MR) is 86.6 cm³/mol. The average molecular weight is 339 g/mol. The van der Waals surface area contributed by atoms with Crippen molar-refractivity contribution in [2.24, 2.45) is 5.92 Å². The summed E-state index contributed by atoms with van der Waals surface area (Å²) in [5.74, 6) is -1.24. The number of Topliss-reactive ketones (excluding diaryl/α,β-unsaturated/α-hetero) is 1. The Morgan fingerprint density at radius 3 is 2.26 bits per heavy atom. The van der Waals surface area contributed by atoms with E-state index in [0.717, 1.165) is 6.26 Å². The van der Waals surface area contributed by atoms with E-state index >= 15 is 0 Å². The minimum atomic E-state index is -3.42. The van der Waals surface area contributed by atoms with E-state index in [1.807, 2.05) is 0 Å². The summed E-state index contributed by atoms with van der Waals surface area (Å²) in [6, 6.07) is 4.51. The van der Waals surface area contributed by atoms with Gasteiger partial charge in [-0.15, -0.1) is 0 Å². The van der Waals surface area contributed by atoms with Crippen LogP contribution in [0.1, 0.15) is 43.0 Å². The van der Waals surface area contributed by atoms with Crippen LogP contribution in [-0.4, -0.2) is 37.6 Å². The Kier molecular flexibility index (Phi) is 5.09. The molecule has 0 aromatic heterocycles. The van der Waals surface area contributed by atoms with Crippen molar-refractivity contribution in [3.05, 3.63) is 23.8 Å². The van der Waals surface area contributed by atoms with E-state index in [1.165, 1.54) is 19.1 Å². The Balaban J connectivity index is 2.23. The van der Waals surface area contributed by atoms with Gasteiger partial charge in [-0.2, -0.15) is 0 Å². The fourth-order valence-electron chi connectivity index (χ4n) is 2.89. The summed E-state index contributed by atoms with van der Waals surface area (Å²) in [7, 11) is -3.42. The van der Waals surface area contributed by atoms with Crippen molar-refractivity contribution >= 4 is 27.3 Å². The predicted octanol–water partition coefficient (Wildman–Crippen LogP) is 2.35. The van der Waals surface area contributed by atoms with Crippen LogP contribution in [0.15, 0.2) is 23.1 Å². The number of rotatable bonds is 5. The lowest BCUT2D eigenvalue weighted by Gasteiger charge is -2.28. The Morgan fingerprint density at radius 1 is 1.17 bits per heavy atom. The fraction of sp³-hybridized carbons (Fsp3) is 0.500. The molecule has 1 aromatic rings. The van der Waals surface area contributed by atoms with E-state index in [9.17, 15) is 18.0 Å². The van der Waals surface area contributed by atoms with Crippen molar-refractivity contribution in [2.75, 3.05) is 11.6 Å². The molecular weight excluding hydrogens is 318 g/mol. The summed E-state index contributed by atoms with van der Waals surface area (Å²) >= 11 is 0. The number of sulfone groups is 1. The molecule has 1 aromatic carbocycles. The van der Waals surface area contributed by atoms with E-state index in [-0.39, 0.29) is 22.6 Å². The molecular formula is C16H21NO5S. The lowest BCUT2D eigenvalue weighted by Crippen LogP contribution is -2.29. The highest BCUT2D eigenvalue weighted by Crippen LogP contribution is 2.30. The van der Waals surface area contributed by atoms with Crippen LogP contribution in [0.25, 0.3) is 0 Å². The zero-order valence-corrected chi connectivity index (χ0v) is 14.0. The first-order valence-corrected chi connectivity index (χ1v) is 9.42. The van der Waals surface area contributed by atoms with E-state index in [0.29, 0.717) is 36.9 Å². The largest absolute Gasteiger partial charge is 0.481 e. The van der Waals surface area contributed by atoms with E-state index in [2.05, 4.69) is 5.32 Å². The first-order chi connectivity index (χ1) is 10.7. The fourth-order valence-corrected chi connectivity index (χ4v) is 3.72. The van der Waals surface area contributed by atoms with E-state index in [1.54, 1.807) is 6.07 Å². The zero-order valence-electron chi connectivity index (χ0n) is 13.2. The molecule has 0 radical (unpaired) electrons. The molecule has 0 atom stereocenters. The van der Waals surface area contributed by atoms with Crippen LogP contribution < -0.4 is 5.32 Å². The van der Waals surface area contributed by atoms with Crippen molar-refractivity contribution < 1.29 is 23.1 Å². The van der Waals surface area contributed by atoms with Crippen molar-refractivity contribution in [3.63, 3.8) is 0 Å². The van der Waals surface area contributed by atoms with Gasteiger partial charge in [-0.25, -0.2) is 8.42 Å². The standard InChI is InChI=1S/C16H21NO5S/c1-10(18)12-5-8-15(23(2,21)22)14(9-12)17-13-6-3-11(4-7-13)16(19)20/h5,8-9,11,13,17H,3-4,6-7H2,1-2H3,(H,19,20). The van der Waals surface area contributed by atoms with Crippen LogP contribution in [-0.2, 0) is 14.6 Å². The van der Waals surface area contributed by atoms with Crippen LogP contribution in [0, 0.1) is 5.92 Å². The number of ketones is 1. The molecule has 7 heteroatoms. The van der Waals surface area contributed by atoms with Gasteiger partial charge in [0.2, 0.25) is 0 Å². The quantitative estimate of drug-likeness (QED) is 0.799. The second-order valence-electron chi connectivity index (χ2n) is 6.07. The molecule has 6 nitrogen and oxygen atoms in total. The smallest absolute Gasteiger partial charge is 0.306 e. The van der Waals surface area contributed by atoms with Crippen LogP contribution in [0.4, 0.5) is 5.69 Å². The van der Waals surface area contributed by atoms with Crippen molar-refractivity contribution in [1.29, 1.82) is 0 Å². The van der Waals surface area contributed by atoms with E-state index < -0.39 is 15.8 Å². The Bertz CT molecular complexity index is 718. The van der Waals surface area contributed by atoms with Gasteiger partial charge < -0.3 is 10.4 Å². The normalized spacial score (nSPS) is 21.7. The van der Waals surface area contributed by atoms with E-state index in [4.69, 9.17) is 5.11 Å². The molecule has 0 aliphatic heterocycles. The second-order valence-corrected chi connectivity index (χ2v) is 8.05. The second kappa shape index (κ2) is 6.70. The molecule has 0 amide bonds. The Morgan fingerprint density at radius 2 is 1.78 bits per heavy atom. The minimum absolute atomic E-state index is 0.00769. The number of aliphatic carboxylic acids is 1. The van der Waals surface area contributed by atoms with Gasteiger partial charge in [0.05, 0.1) is 16.5 Å². The highest BCUT2D eigenvalue weighted by Gasteiger charge is 2.27. The molecule has 1 aliphatic carbocycles. The lowest BCUT2D eigenvalue weighted by atomic mass is 9.86. The number of carbonyl (C=O) groups excluding carboxylic acids is 1. The van der Waals surface area contributed by atoms with Crippen molar-refractivity contribution in [2.45, 2.75) is 43.5 Å². The van der Waals surface area contributed by atoms with Gasteiger partial charge in [0.25, 0.3) is 0 Å². The topological polar surface area (TPSA) is 101 Å². The first kappa shape index (κ1) is 17.5. The van der Waals surface area contributed by atoms with Crippen molar-refractivity contribution in [3.8, 4) is 0 Å². The summed E-state index contributed by atoms with van der Waals surface area (Å²) in [5, 5.41) is 12.2. The van der Waals surface area contributed by atoms with Crippen molar-refractivity contribution in [1.82, 2.24) is 0 Å². The van der Waals surface area contributed by atoms with Gasteiger partial charge in [0.15, 0.2) is 15.6 Å². The highest BCUT2D eigenvalue weighted by molar-refractivity contribution is 7.90. The third kappa shape index (κ3) is 4.31. The van der Waals surface area contributed by atoms with Crippen LogP contribution in [0.3, 0.4) is 0 Å². The average Bonchev–Trinajstić information content (AvgIpc) is 2.46. The number of carboxylic acid groups (broad SMARTS) is 1. The van der Waals surface area contributed by atoms with Gasteiger partial charge in [0.1, 0.15) is 0 Å². The van der Waals surface area contributed by atoms with Gasteiger partial charge >= 0.3 is 5.97 Å². The molecule has 126 valence electrons. The SMILES string of the molecule is CC(=O)c1ccc(S(C)(=O)=O)c(NC2CCC(C(=O)O)CC2)c1. The maximum atomic E-state index is 11.9. The maximum absolute atomic E-state index is 11.9. The molecule has 2 rings (SSSR count). The summed E-state index contributed by atoms with van der Waals surface area (Å²) in [6.45, 7) is 1.43. The monoisotopic (exact) mass is 339 g/mol. The molecule has 0 heterocycles. The third-order valence-corrected chi connectivity index (χ3v) is 5.38. The highest BCUT2D eigenvalue weighted by atomic mass is 32.2. The number of hydrogen-bond donors (Lipinski definition) is 2. The Labute approximate surface area is 135 Å². The molecule has 0 spiro atoms. The van der Waals surface area contributed by atoms with Crippen LogP contribution in [0.5, 0.6) is 0 Å². The molecule has 2 N–H and O–H groups in total. The van der Waals surface area contributed by atoms with Gasteiger partial charge in [-0.1, -0.05) is 0 Å². The molecule has 0 saturated heterocycles. The molecule has 0 unspecified atom stereocenters. The van der Waals surface area contributed by atoms with Crippen LogP contribution >= 0.6 is 0 Å². The molecule has 23 heavy (non-hydrogen) atoms. The summed E-state index contributed by atoms with van der Waals surface area (Å²) in [5.41, 5.74) is 0.859. The molecule has 1 saturated carbocycles. The first-order valence-electron chi connectivity index (χ1n) is 7.53. The number of anilines is 1. The number of hydrogen-bond acceptors (Lipinski definition) is 5. The third-order valence-electron chi connectivity index (χ3n) is 4.22. The number of benzene rings is 1. The summed E-state index contributed by atoms with van der Waals surface area (Å²) < 4.78 is 23.8. The molecule has 0 bridgehead atoms. The van der Waals surface area contributed by atoms with Crippen LogP contribution in [0.2, 0.25) is 0 Å². The summed E-state index contributed by atoms with van der Waals surface area (Å²) in [4.78, 5) is 22.7. The maximum Gasteiger partial charge on any atom is 0.306 e. The zero-order chi connectivity index (χ0) is 17.2. The number of carbonyl (C=O) groups is 2. The lowest BCUT2D eigenvalue weighted by molar-refractivity contribution is -0.142. The van der Waals surface area contributed by atoms with Gasteiger partial charge in [0, 0.05) is 17.9 Å². The molecule has 1 fully saturated rings. The number of nitrogens with one attached hydrogen (secondary N) is 1. The van der Waals surface area contributed by atoms with Gasteiger partial charge in [-0.3, -0.25) is 9.59 Å². The number of carboxylic acids is 1. The molecule has 1 aliphatic rings. The summed E-state index contributed by atoms with van der Waals surface area (Å²) in [6.07, 6.45) is 3.57. The minimum Gasteiger partial charge on any atom is -0.481 e. The Hall–Kier alpha value is -1.89.